The van der Waals surface area contributed by atoms with Crippen molar-refractivity contribution in [3.8, 4) is 11.5 Å². The van der Waals surface area contributed by atoms with E-state index < -0.39 is 11.8 Å². The minimum Gasteiger partial charge on any atom is -0.492 e. The topological polar surface area (TPSA) is 88.7 Å². The Hall–Kier alpha value is -2.65. The van der Waals surface area contributed by atoms with Crippen LogP contribution in [-0.4, -0.2) is 30.1 Å². The van der Waals surface area contributed by atoms with Gasteiger partial charge in [-0.15, -0.1) is 0 Å². The smallest absolute Gasteiger partial charge is 0.276 e. The van der Waals surface area contributed by atoms with Crippen molar-refractivity contribution in [1.29, 1.82) is 0 Å². The highest BCUT2D eigenvalue weighted by molar-refractivity contribution is 9.10. The van der Waals surface area contributed by atoms with Crippen molar-refractivity contribution in [3.05, 3.63) is 57.6 Å². The predicted octanol–water partition coefficient (Wildman–Crippen LogP) is 3.82. The number of carbonyl (C=O) groups is 2. The van der Waals surface area contributed by atoms with Crippen LogP contribution in [0.1, 0.15) is 35.3 Å². The number of ether oxygens (including phenoxy) is 2. The molecule has 31 heavy (non-hydrogen) atoms. The molecule has 0 saturated carbocycles. The van der Waals surface area contributed by atoms with Crippen LogP contribution in [0.25, 0.3) is 0 Å². The standard InChI is InChI=1S/C22H26BrN3O4S/c1-13(2)11-29-18-9-8-16(10-17(18)23)21(28)24-22(31)26-25-19(27)12-30-20-14(3)6-5-7-15(20)4/h5-10,13H,11-12H2,1-4H3,(H,25,27)(H2,24,26,28,31). The Balaban J connectivity index is 1.80. The summed E-state index contributed by atoms with van der Waals surface area (Å²) in [5, 5.41) is 2.46. The Labute approximate surface area is 196 Å². The maximum absolute atomic E-state index is 12.4. The van der Waals surface area contributed by atoms with Crippen LogP contribution in [0.3, 0.4) is 0 Å². The maximum atomic E-state index is 12.4. The number of carbonyl (C=O) groups excluding carboxylic acids is 2. The molecular weight excluding hydrogens is 482 g/mol. The van der Waals surface area contributed by atoms with Crippen molar-refractivity contribution in [2.45, 2.75) is 27.7 Å². The summed E-state index contributed by atoms with van der Waals surface area (Å²) in [6.45, 7) is 8.30. The summed E-state index contributed by atoms with van der Waals surface area (Å²) in [4.78, 5) is 24.4. The van der Waals surface area contributed by atoms with Gasteiger partial charge in [-0.05, 0) is 77.2 Å². The van der Waals surface area contributed by atoms with Gasteiger partial charge in [0.25, 0.3) is 11.8 Å². The molecule has 2 rings (SSSR count). The van der Waals surface area contributed by atoms with Gasteiger partial charge in [0, 0.05) is 5.56 Å². The van der Waals surface area contributed by atoms with Gasteiger partial charge in [0.15, 0.2) is 11.7 Å². The first-order chi connectivity index (χ1) is 14.7. The molecule has 2 aromatic carbocycles. The minimum absolute atomic E-state index is 0.0401. The van der Waals surface area contributed by atoms with Gasteiger partial charge in [-0.3, -0.25) is 25.8 Å². The Bertz CT molecular complexity index is 946. The number of para-hydroxylation sites is 1. The largest absolute Gasteiger partial charge is 0.492 e. The lowest BCUT2D eigenvalue weighted by Crippen LogP contribution is -2.49. The molecule has 2 aromatic rings. The fraction of sp³-hybridized carbons (Fsp3) is 0.318. The van der Waals surface area contributed by atoms with Crippen molar-refractivity contribution in [2.75, 3.05) is 13.2 Å². The molecule has 0 heterocycles. The van der Waals surface area contributed by atoms with Crippen molar-refractivity contribution >= 4 is 45.1 Å². The Kier molecular flexibility index (Phi) is 9.26. The number of nitrogens with one attached hydrogen (secondary N) is 3. The third kappa shape index (κ3) is 7.84. The van der Waals surface area contributed by atoms with Crippen LogP contribution in [0.2, 0.25) is 0 Å². The highest BCUT2D eigenvalue weighted by Crippen LogP contribution is 2.26. The van der Waals surface area contributed by atoms with E-state index in [0.29, 0.717) is 34.1 Å². The molecule has 0 aliphatic rings. The molecule has 0 spiro atoms. The van der Waals surface area contributed by atoms with Gasteiger partial charge in [-0.1, -0.05) is 32.0 Å². The number of benzene rings is 2. The van der Waals surface area contributed by atoms with Gasteiger partial charge < -0.3 is 9.47 Å². The lowest BCUT2D eigenvalue weighted by molar-refractivity contribution is -0.123. The molecule has 2 amide bonds. The summed E-state index contributed by atoms with van der Waals surface area (Å²) < 4.78 is 11.9. The quantitative estimate of drug-likeness (QED) is 0.390. The Morgan fingerprint density at radius 3 is 2.35 bits per heavy atom. The number of aryl methyl sites for hydroxylation is 2. The molecule has 0 atom stereocenters. The summed E-state index contributed by atoms with van der Waals surface area (Å²) in [7, 11) is 0. The van der Waals surface area contributed by atoms with Crippen molar-refractivity contribution in [2.24, 2.45) is 5.92 Å². The maximum Gasteiger partial charge on any atom is 0.276 e. The fourth-order valence-electron chi connectivity index (χ4n) is 2.55. The van der Waals surface area contributed by atoms with Crippen LogP contribution >= 0.6 is 28.1 Å². The summed E-state index contributed by atoms with van der Waals surface area (Å²) >= 11 is 8.47. The second-order valence-corrected chi connectivity index (χ2v) is 8.58. The van der Waals surface area contributed by atoms with E-state index in [1.54, 1.807) is 18.2 Å². The third-order valence-corrected chi connectivity index (χ3v) is 4.89. The number of amides is 2. The van der Waals surface area contributed by atoms with E-state index in [1.807, 2.05) is 32.0 Å². The summed E-state index contributed by atoms with van der Waals surface area (Å²) in [5.74, 6) is 0.852. The monoisotopic (exact) mass is 507 g/mol. The van der Waals surface area contributed by atoms with Gasteiger partial charge in [0.2, 0.25) is 0 Å². The van der Waals surface area contributed by atoms with Crippen molar-refractivity contribution in [1.82, 2.24) is 16.2 Å². The predicted molar refractivity (Wildman–Crippen MR) is 127 cm³/mol. The summed E-state index contributed by atoms with van der Waals surface area (Å²) in [6, 6.07) is 10.7. The number of rotatable bonds is 7. The van der Waals surface area contributed by atoms with E-state index in [9.17, 15) is 9.59 Å². The summed E-state index contributed by atoms with van der Waals surface area (Å²) in [5.41, 5.74) is 7.15. The molecule has 0 aromatic heterocycles. The lowest BCUT2D eigenvalue weighted by atomic mass is 10.1. The molecule has 3 N–H and O–H groups in total. The Morgan fingerprint density at radius 1 is 1.06 bits per heavy atom. The van der Waals surface area contributed by atoms with Crippen LogP contribution in [0.5, 0.6) is 11.5 Å². The van der Waals surface area contributed by atoms with Gasteiger partial charge in [-0.2, -0.15) is 0 Å². The zero-order chi connectivity index (χ0) is 23.0. The first-order valence-corrected chi connectivity index (χ1v) is 10.9. The average Bonchev–Trinajstić information content (AvgIpc) is 2.70. The molecule has 166 valence electrons. The van der Waals surface area contributed by atoms with E-state index in [0.717, 1.165) is 11.1 Å². The molecule has 0 bridgehead atoms. The first-order valence-electron chi connectivity index (χ1n) is 9.69. The average molecular weight is 508 g/mol. The van der Waals surface area contributed by atoms with Crippen LogP contribution in [-0.2, 0) is 4.79 Å². The van der Waals surface area contributed by atoms with Gasteiger partial charge in [0.1, 0.15) is 11.5 Å². The zero-order valence-corrected chi connectivity index (χ0v) is 20.3. The molecule has 9 heteroatoms. The lowest BCUT2D eigenvalue weighted by Gasteiger charge is -2.14. The molecule has 0 aliphatic heterocycles. The second-order valence-electron chi connectivity index (χ2n) is 7.32. The molecule has 0 saturated heterocycles. The number of hydrogen-bond donors (Lipinski definition) is 3. The Morgan fingerprint density at radius 2 is 1.74 bits per heavy atom. The van der Waals surface area contributed by atoms with Crippen molar-refractivity contribution in [3.63, 3.8) is 0 Å². The van der Waals surface area contributed by atoms with E-state index in [4.69, 9.17) is 21.7 Å². The van der Waals surface area contributed by atoms with E-state index >= 15 is 0 Å². The minimum atomic E-state index is -0.436. The number of hydrogen-bond acceptors (Lipinski definition) is 5. The highest BCUT2D eigenvalue weighted by atomic mass is 79.9. The molecule has 0 radical (unpaired) electrons. The van der Waals surface area contributed by atoms with Crippen LogP contribution in [0, 0.1) is 19.8 Å². The SMILES string of the molecule is Cc1cccc(C)c1OCC(=O)NNC(=S)NC(=O)c1ccc(OCC(C)C)c(Br)c1. The molecule has 0 aliphatic carbocycles. The fourth-order valence-corrected chi connectivity index (χ4v) is 3.19. The van der Waals surface area contributed by atoms with E-state index in [-0.39, 0.29) is 11.7 Å². The van der Waals surface area contributed by atoms with Crippen LogP contribution < -0.4 is 25.6 Å². The normalized spacial score (nSPS) is 10.4. The van der Waals surface area contributed by atoms with Gasteiger partial charge >= 0.3 is 0 Å². The molecule has 0 unspecified atom stereocenters. The summed E-state index contributed by atoms with van der Waals surface area (Å²) in [6.07, 6.45) is 0. The zero-order valence-electron chi connectivity index (χ0n) is 17.9. The number of halogens is 1. The number of thiocarbonyl (C=S) groups is 1. The van der Waals surface area contributed by atoms with Gasteiger partial charge in [0.05, 0.1) is 11.1 Å². The van der Waals surface area contributed by atoms with E-state index in [2.05, 4.69) is 45.9 Å². The molecule has 7 nitrogen and oxygen atoms in total. The molecule has 0 fully saturated rings. The van der Waals surface area contributed by atoms with Crippen molar-refractivity contribution < 1.29 is 19.1 Å². The van der Waals surface area contributed by atoms with Gasteiger partial charge in [-0.25, -0.2) is 0 Å². The third-order valence-electron chi connectivity index (χ3n) is 4.07. The first kappa shape index (κ1) is 24.6. The van der Waals surface area contributed by atoms with E-state index in [1.165, 1.54) is 0 Å². The highest BCUT2D eigenvalue weighted by Gasteiger charge is 2.12. The second kappa shape index (κ2) is 11.7. The molecular formula is C22H26BrN3O4S. The van der Waals surface area contributed by atoms with Crippen LogP contribution in [0.15, 0.2) is 40.9 Å². The van der Waals surface area contributed by atoms with Crippen LogP contribution in [0.4, 0.5) is 0 Å². The number of hydrazine groups is 1.